The number of benzene rings is 2. The van der Waals surface area contributed by atoms with E-state index in [2.05, 4.69) is 22.2 Å². The summed E-state index contributed by atoms with van der Waals surface area (Å²) in [6, 6.07) is 16.5. The number of ether oxygens (including phenoxy) is 1. The molecule has 2 aromatic rings. The van der Waals surface area contributed by atoms with Crippen molar-refractivity contribution in [1.82, 2.24) is 0 Å². The molecule has 0 aromatic heterocycles. The fourth-order valence-corrected chi connectivity index (χ4v) is 1.83. The number of hydrogen-bond acceptors (Lipinski definition) is 2. The lowest BCUT2D eigenvalue weighted by Crippen LogP contribution is -2.19. The van der Waals surface area contributed by atoms with Crippen LogP contribution in [0.1, 0.15) is 5.56 Å². The maximum atomic E-state index is 12.0. The summed E-state index contributed by atoms with van der Waals surface area (Å²) in [5.41, 5.74) is 2.08. The molecule has 2 aromatic carbocycles. The average molecular weight is 295 g/mol. The van der Waals surface area contributed by atoms with Crippen LogP contribution in [-0.2, 0) is 6.42 Å². The van der Waals surface area contributed by atoms with Crippen molar-refractivity contribution in [2.24, 2.45) is 0 Å². The first-order chi connectivity index (χ1) is 10.0. The topological polar surface area (TPSA) is 21.3 Å². The molecule has 0 fully saturated rings. The van der Waals surface area contributed by atoms with Crippen LogP contribution in [0.4, 0.5) is 18.9 Å². The van der Waals surface area contributed by atoms with E-state index in [4.69, 9.17) is 0 Å². The number of alkyl halides is 3. The summed E-state index contributed by atoms with van der Waals surface area (Å²) in [4.78, 5) is 0. The predicted octanol–water partition coefficient (Wildman–Crippen LogP) is 4.28. The van der Waals surface area contributed by atoms with Gasteiger partial charge in [0.05, 0.1) is 0 Å². The van der Waals surface area contributed by atoms with Gasteiger partial charge in [-0.3, -0.25) is 0 Å². The normalized spacial score (nSPS) is 11.2. The van der Waals surface area contributed by atoms with Gasteiger partial charge in [0.25, 0.3) is 0 Å². The summed E-state index contributed by atoms with van der Waals surface area (Å²) in [6.45, 7) is -0.513. The molecule has 0 bridgehead atoms. The van der Waals surface area contributed by atoms with Gasteiger partial charge in [-0.25, -0.2) is 0 Å². The molecule has 2 rings (SSSR count). The molecule has 0 amide bonds. The summed E-state index contributed by atoms with van der Waals surface area (Å²) in [5, 5.41) is 3.21. The van der Waals surface area contributed by atoms with E-state index < -0.39 is 12.8 Å². The zero-order chi connectivity index (χ0) is 15.1. The molecule has 21 heavy (non-hydrogen) atoms. The van der Waals surface area contributed by atoms with Crippen molar-refractivity contribution in [2.45, 2.75) is 12.6 Å². The van der Waals surface area contributed by atoms with Crippen molar-refractivity contribution >= 4 is 5.69 Å². The average Bonchev–Trinajstić information content (AvgIpc) is 2.47. The van der Waals surface area contributed by atoms with Crippen LogP contribution in [0.2, 0.25) is 0 Å². The fraction of sp³-hybridized carbons (Fsp3) is 0.250. The van der Waals surface area contributed by atoms with Crippen LogP contribution in [0.25, 0.3) is 0 Å². The largest absolute Gasteiger partial charge is 0.484 e. The van der Waals surface area contributed by atoms with Crippen LogP contribution < -0.4 is 10.1 Å². The second kappa shape index (κ2) is 7.02. The summed E-state index contributed by atoms with van der Waals surface area (Å²) >= 11 is 0. The summed E-state index contributed by atoms with van der Waals surface area (Å²) in [6.07, 6.45) is -3.43. The molecule has 0 radical (unpaired) electrons. The minimum absolute atomic E-state index is 0.209. The van der Waals surface area contributed by atoms with Gasteiger partial charge in [-0.2, -0.15) is 13.2 Å². The third kappa shape index (κ3) is 5.77. The van der Waals surface area contributed by atoms with Crippen LogP contribution in [0, 0.1) is 0 Å². The fourth-order valence-electron chi connectivity index (χ4n) is 1.83. The maximum Gasteiger partial charge on any atom is 0.422 e. The maximum absolute atomic E-state index is 12.0. The van der Waals surface area contributed by atoms with E-state index in [1.165, 1.54) is 17.7 Å². The molecule has 1 N–H and O–H groups in total. The highest BCUT2D eigenvalue weighted by molar-refractivity contribution is 5.46. The van der Waals surface area contributed by atoms with Gasteiger partial charge in [-0.1, -0.05) is 30.3 Å². The van der Waals surface area contributed by atoms with E-state index in [0.717, 1.165) is 18.7 Å². The molecular formula is C16H16F3NO. The lowest BCUT2D eigenvalue weighted by atomic mass is 10.1. The monoisotopic (exact) mass is 295 g/mol. The minimum Gasteiger partial charge on any atom is -0.484 e. The van der Waals surface area contributed by atoms with E-state index in [0.29, 0.717) is 0 Å². The van der Waals surface area contributed by atoms with E-state index in [1.54, 1.807) is 12.1 Å². The van der Waals surface area contributed by atoms with Crippen molar-refractivity contribution in [3.63, 3.8) is 0 Å². The van der Waals surface area contributed by atoms with Gasteiger partial charge in [-0.05, 0) is 36.2 Å². The summed E-state index contributed by atoms with van der Waals surface area (Å²) in [7, 11) is 0. The highest BCUT2D eigenvalue weighted by Gasteiger charge is 2.28. The Hall–Kier alpha value is -2.17. The first kappa shape index (κ1) is 15.2. The zero-order valence-electron chi connectivity index (χ0n) is 11.4. The van der Waals surface area contributed by atoms with E-state index >= 15 is 0 Å². The quantitative estimate of drug-likeness (QED) is 0.858. The van der Waals surface area contributed by atoms with Crippen molar-refractivity contribution in [3.05, 3.63) is 60.2 Å². The van der Waals surface area contributed by atoms with Gasteiger partial charge in [-0.15, -0.1) is 0 Å². The third-order valence-corrected chi connectivity index (χ3v) is 2.84. The summed E-state index contributed by atoms with van der Waals surface area (Å²) < 4.78 is 40.7. The first-order valence-electron chi connectivity index (χ1n) is 6.60. The smallest absolute Gasteiger partial charge is 0.422 e. The van der Waals surface area contributed by atoms with E-state index in [-0.39, 0.29) is 5.75 Å². The summed E-state index contributed by atoms with van der Waals surface area (Å²) in [5.74, 6) is 0.209. The Morgan fingerprint density at radius 1 is 0.905 bits per heavy atom. The van der Waals surface area contributed by atoms with Crippen molar-refractivity contribution in [1.29, 1.82) is 0 Å². The number of halogens is 3. The molecular weight excluding hydrogens is 279 g/mol. The molecule has 0 unspecified atom stereocenters. The Balaban J connectivity index is 1.77. The molecule has 0 aliphatic carbocycles. The Labute approximate surface area is 121 Å². The zero-order valence-corrected chi connectivity index (χ0v) is 11.4. The molecule has 0 saturated heterocycles. The Bertz CT molecular complexity index is 538. The van der Waals surface area contributed by atoms with E-state index in [9.17, 15) is 13.2 Å². The Morgan fingerprint density at radius 3 is 2.19 bits per heavy atom. The molecule has 0 atom stereocenters. The van der Waals surface area contributed by atoms with Crippen molar-refractivity contribution in [3.8, 4) is 5.75 Å². The lowest BCUT2D eigenvalue weighted by Gasteiger charge is -2.10. The van der Waals surface area contributed by atoms with Crippen LogP contribution in [0.3, 0.4) is 0 Å². The van der Waals surface area contributed by atoms with Gasteiger partial charge in [0.1, 0.15) is 5.75 Å². The van der Waals surface area contributed by atoms with Crippen molar-refractivity contribution < 1.29 is 17.9 Å². The first-order valence-corrected chi connectivity index (χ1v) is 6.60. The van der Waals surface area contributed by atoms with Gasteiger partial charge in [0.2, 0.25) is 0 Å². The molecule has 5 heteroatoms. The second-order valence-electron chi connectivity index (χ2n) is 4.59. The molecule has 0 aliphatic heterocycles. The van der Waals surface area contributed by atoms with Gasteiger partial charge < -0.3 is 10.1 Å². The van der Waals surface area contributed by atoms with Crippen LogP contribution in [0.15, 0.2) is 54.6 Å². The minimum atomic E-state index is -4.31. The Morgan fingerprint density at radius 2 is 1.57 bits per heavy atom. The van der Waals surface area contributed by atoms with Crippen LogP contribution >= 0.6 is 0 Å². The van der Waals surface area contributed by atoms with Crippen LogP contribution in [0.5, 0.6) is 5.75 Å². The van der Waals surface area contributed by atoms with Gasteiger partial charge in [0, 0.05) is 12.2 Å². The second-order valence-corrected chi connectivity index (χ2v) is 4.59. The SMILES string of the molecule is FC(F)(F)COc1ccc(NCCc2ccccc2)cc1. The predicted molar refractivity (Wildman–Crippen MR) is 76.6 cm³/mol. The molecule has 2 nitrogen and oxygen atoms in total. The van der Waals surface area contributed by atoms with Gasteiger partial charge in [0.15, 0.2) is 6.61 Å². The number of nitrogens with one attached hydrogen (secondary N) is 1. The van der Waals surface area contributed by atoms with Gasteiger partial charge >= 0.3 is 6.18 Å². The van der Waals surface area contributed by atoms with E-state index in [1.807, 2.05) is 18.2 Å². The number of hydrogen-bond donors (Lipinski definition) is 1. The number of rotatable bonds is 6. The van der Waals surface area contributed by atoms with Crippen molar-refractivity contribution in [2.75, 3.05) is 18.5 Å². The standard InChI is InChI=1S/C16H16F3NO/c17-16(18,19)12-21-15-8-6-14(7-9-15)20-11-10-13-4-2-1-3-5-13/h1-9,20H,10-12H2. The number of anilines is 1. The van der Waals surface area contributed by atoms with Crippen LogP contribution in [-0.4, -0.2) is 19.3 Å². The highest BCUT2D eigenvalue weighted by atomic mass is 19.4. The molecule has 0 saturated carbocycles. The Kier molecular flexibility index (Phi) is 5.09. The highest BCUT2D eigenvalue weighted by Crippen LogP contribution is 2.20. The molecule has 0 heterocycles. The molecule has 112 valence electrons. The third-order valence-electron chi connectivity index (χ3n) is 2.84. The lowest BCUT2D eigenvalue weighted by molar-refractivity contribution is -0.153. The molecule has 0 spiro atoms. The molecule has 0 aliphatic rings.